The Labute approximate surface area is 207 Å². The van der Waals surface area contributed by atoms with Crippen molar-refractivity contribution in [3.63, 3.8) is 0 Å². The van der Waals surface area contributed by atoms with E-state index >= 15 is 0 Å². The Morgan fingerprint density at radius 1 is 1.03 bits per heavy atom. The molecule has 1 N–H and O–H groups in total. The number of carbonyl (C=O) groups is 2. The van der Waals surface area contributed by atoms with E-state index in [1.165, 1.54) is 6.07 Å². The molecule has 0 atom stereocenters. The number of piperazine rings is 1. The highest BCUT2D eigenvalue weighted by Crippen LogP contribution is 2.24. The average Bonchev–Trinajstić information content (AvgIpc) is 2.84. The number of nitrogens with zero attached hydrogens (tertiary/aromatic N) is 3. The summed E-state index contributed by atoms with van der Waals surface area (Å²) in [6, 6.07) is 11.3. The molecule has 35 heavy (non-hydrogen) atoms. The molecule has 1 saturated heterocycles. The molecule has 2 amide bonds. The summed E-state index contributed by atoms with van der Waals surface area (Å²) in [7, 11) is -1.83. The van der Waals surface area contributed by atoms with Crippen LogP contribution < -0.4 is 10.1 Å². The maximum atomic E-state index is 13.1. The number of ether oxygens (including phenoxy) is 1. The van der Waals surface area contributed by atoms with Crippen LogP contribution in [0.4, 0.5) is 5.69 Å². The maximum Gasteiger partial charge on any atom is 0.253 e. The van der Waals surface area contributed by atoms with Gasteiger partial charge in [-0.1, -0.05) is 6.92 Å². The predicted molar refractivity (Wildman–Crippen MR) is 135 cm³/mol. The number of benzene rings is 2. The van der Waals surface area contributed by atoms with Crippen LogP contribution in [0.1, 0.15) is 29.8 Å². The van der Waals surface area contributed by atoms with Gasteiger partial charge in [0.25, 0.3) is 5.91 Å². The lowest BCUT2D eigenvalue weighted by molar-refractivity contribution is -0.116. The van der Waals surface area contributed by atoms with Crippen molar-refractivity contribution in [1.29, 1.82) is 0 Å². The molecule has 1 aliphatic rings. The standard InChI is InChI=1S/C25H34N4O5S/c1-5-29(35(32,33)22-11-12-23(34-6-2)19(3)17-22)18-24(30)26-21-9-7-20(8-10-21)25(31)28-15-13-27(4)14-16-28/h7-12,17H,5-6,13-16,18H2,1-4H3,(H,26,30). The first kappa shape index (κ1) is 26.7. The monoisotopic (exact) mass is 502 g/mol. The van der Waals surface area contributed by atoms with Crippen molar-refractivity contribution in [3.05, 3.63) is 53.6 Å². The molecule has 3 rings (SSSR count). The Morgan fingerprint density at radius 3 is 2.26 bits per heavy atom. The van der Waals surface area contributed by atoms with Crippen LogP contribution in [-0.4, -0.2) is 87.3 Å². The van der Waals surface area contributed by atoms with Crippen molar-refractivity contribution in [3.8, 4) is 5.75 Å². The van der Waals surface area contributed by atoms with E-state index in [4.69, 9.17) is 4.74 Å². The summed E-state index contributed by atoms with van der Waals surface area (Å²) in [6.45, 7) is 8.68. The Bertz CT molecular complexity index is 1140. The summed E-state index contributed by atoms with van der Waals surface area (Å²) >= 11 is 0. The van der Waals surface area contributed by atoms with E-state index < -0.39 is 15.9 Å². The molecule has 0 aromatic heterocycles. The average molecular weight is 503 g/mol. The molecule has 1 heterocycles. The number of anilines is 1. The molecule has 2 aromatic rings. The van der Waals surface area contributed by atoms with Crippen LogP contribution in [0.25, 0.3) is 0 Å². The fourth-order valence-electron chi connectivity index (χ4n) is 3.86. The van der Waals surface area contributed by atoms with E-state index in [-0.39, 0.29) is 23.9 Å². The topological polar surface area (TPSA) is 99.3 Å². The van der Waals surface area contributed by atoms with E-state index in [0.29, 0.717) is 42.3 Å². The molecular weight excluding hydrogens is 468 g/mol. The van der Waals surface area contributed by atoms with Gasteiger partial charge in [-0.05, 0) is 68.9 Å². The van der Waals surface area contributed by atoms with Gasteiger partial charge in [0, 0.05) is 44.0 Å². The third-order valence-electron chi connectivity index (χ3n) is 5.96. The molecule has 0 spiro atoms. The fraction of sp³-hybridized carbons (Fsp3) is 0.440. The Balaban J connectivity index is 1.63. The first-order valence-corrected chi connectivity index (χ1v) is 13.2. The third-order valence-corrected chi connectivity index (χ3v) is 7.88. The molecule has 0 saturated carbocycles. The first-order chi connectivity index (χ1) is 16.6. The zero-order chi connectivity index (χ0) is 25.6. The molecule has 2 aromatic carbocycles. The SMILES string of the molecule is CCOc1ccc(S(=O)(=O)N(CC)CC(=O)Nc2ccc(C(=O)N3CCN(C)CC3)cc2)cc1C. The highest BCUT2D eigenvalue weighted by molar-refractivity contribution is 7.89. The smallest absolute Gasteiger partial charge is 0.253 e. The van der Waals surface area contributed by atoms with E-state index in [1.54, 1.807) is 50.2 Å². The molecule has 1 fully saturated rings. The minimum absolute atomic E-state index is 0.0372. The summed E-state index contributed by atoms with van der Waals surface area (Å²) in [5, 5.41) is 2.72. The van der Waals surface area contributed by atoms with Crippen LogP contribution in [0.15, 0.2) is 47.4 Å². The zero-order valence-electron chi connectivity index (χ0n) is 20.8. The summed E-state index contributed by atoms with van der Waals surface area (Å²) < 4.78 is 32.9. The molecular formula is C25H34N4O5S. The van der Waals surface area contributed by atoms with Gasteiger partial charge in [0.15, 0.2) is 0 Å². The van der Waals surface area contributed by atoms with Crippen molar-refractivity contribution in [2.45, 2.75) is 25.7 Å². The lowest BCUT2D eigenvalue weighted by Gasteiger charge is -2.32. The summed E-state index contributed by atoms with van der Waals surface area (Å²) in [4.78, 5) is 29.4. The Hall–Kier alpha value is -2.95. The van der Waals surface area contributed by atoms with E-state index in [1.807, 2.05) is 18.9 Å². The molecule has 0 aliphatic carbocycles. The van der Waals surface area contributed by atoms with Gasteiger partial charge in [-0.3, -0.25) is 9.59 Å². The van der Waals surface area contributed by atoms with Crippen molar-refractivity contribution in [1.82, 2.24) is 14.1 Å². The van der Waals surface area contributed by atoms with Gasteiger partial charge in [0.2, 0.25) is 15.9 Å². The van der Waals surface area contributed by atoms with Crippen LogP contribution in [0.3, 0.4) is 0 Å². The van der Waals surface area contributed by atoms with E-state index in [9.17, 15) is 18.0 Å². The zero-order valence-corrected chi connectivity index (χ0v) is 21.6. The molecule has 0 unspecified atom stereocenters. The first-order valence-electron chi connectivity index (χ1n) is 11.8. The number of rotatable bonds is 9. The van der Waals surface area contributed by atoms with Crippen LogP contribution in [0.2, 0.25) is 0 Å². The number of carbonyl (C=O) groups excluding carboxylic acids is 2. The largest absolute Gasteiger partial charge is 0.494 e. The molecule has 0 radical (unpaired) electrons. The third kappa shape index (κ3) is 6.59. The molecule has 1 aliphatic heterocycles. The number of hydrogen-bond donors (Lipinski definition) is 1. The maximum absolute atomic E-state index is 13.1. The minimum Gasteiger partial charge on any atom is -0.494 e. The van der Waals surface area contributed by atoms with Crippen molar-refractivity contribution in [2.24, 2.45) is 0 Å². The van der Waals surface area contributed by atoms with Gasteiger partial charge in [0.1, 0.15) is 5.75 Å². The predicted octanol–water partition coefficient (Wildman–Crippen LogP) is 2.43. The molecule has 0 bridgehead atoms. The second kappa shape index (κ2) is 11.7. The fourth-order valence-corrected chi connectivity index (χ4v) is 5.36. The Morgan fingerprint density at radius 2 is 1.69 bits per heavy atom. The molecule has 190 valence electrons. The number of sulfonamides is 1. The highest BCUT2D eigenvalue weighted by Gasteiger charge is 2.26. The van der Waals surface area contributed by atoms with Gasteiger partial charge in [-0.2, -0.15) is 4.31 Å². The lowest BCUT2D eigenvalue weighted by Crippen LogP contribution is -2.47. The lowest BCUT2D eigenvalue weighted by atomic mass is 10.1. The van der Waals surface area contributed by atoms with E-state index in [0.717, 1.165) is 17.4 Å². The quantitative estimate of drug-likeness (QED) is 0.566. The summed E-state index contributed by atoms with van der Waals surface area (Å²) in [5.41, 5.74) is 1.76. The van der Waals surface area contributed by atoms with Crippen LogP contribution in [0, 0.1) is 6.92 Å². The van der Waals surface area contributed by atoms with E-state index in [2.05, 4.69) is 10.2 Å². The van der Waals surface area contributed by atoms with Crippen LogP contribution >= 0.6 is 0 Å². The van der Waals surface area contributed by atoms with Crippen molar-refractivity contribution >= 4 is 27.5 Å². The van der Waals surface area contributed by atoms with Crippen LogP contribution in [-0.2, 0) is 14.8 Å². The summed E-state index contributed by atoms with van der Waals surface area (Å²) in [5.74, 6) is 0.128. The highest BCUT2D eigenvalue weighted by atomic mass is 32.2. The van der Waals surface area contributed by atoms with Crippen molar-refractivity contribution < 1.29 is 22.7 Å². The second-order valence-corrected chi connectivity index (χ2v) is 10.5. The van der Waals surface area contributed by atoms with Crippen LogP contribution in [0.5, 0.6) is 5.75 Å². The second-order valence-electron chi connectivity index (χ2n) is 8.51. The Kier molecular flexibility index (Phi) is 8.87. The number of aryl methyl sites for hydroxylation is 1. The number of likely N-dealkylation sites (N-methyl/N-ethyl adjacent to an activating group) is 2. The van der Waals surface area contributed by atoms with Gasteiger partial charge >= 0.3 is 0 Å². The molecule has 9 nitrogen and oxygen atoms in total. The summed E-state index contributed by atoms with van der Waals surface area (Å²) in [6.07, 6.45) is 0. The van der Waals surface area contributed by atoms with Gasteiger partial charge < -0.3 is 19.9 Å². The van der Waals surface area contributed by atoms with Gasteiger partial charge in [-0.15, -0.1) is 0 Å². The normalized spacial score (nSPS) is 14.7. The number of amides is 2. The van der Waals surface area contributed by atoms with Gasteiger partial charge in [-0.25, -0.2) is 8.42 Å². The van der Waals surface area contributed by atoms with Gasteiger partial charge in [0.05, 0.1) is 18.0 Å². The molecule has 10 heteroatoms. The van der Waals surface area contributed by atoms with Crippen molar-refractivity contribution in [2.75, 3.05) is 58.2 Å². The number of nitrogens with one attached hydrogen (secondary N) is 1. The minimum atomic E-state index is -3.86. The number of hydrogen-bond acceptors (Lipinski definition) is 6.